The molecule has 0 aromatic heterocycles. The van der Waals surface area contributed by atoms with Gasteiger partial charge < -0.3 is 5.32 Å². The normalized spacial score (nSPS) is 11.9. The van der Waals surface area contributed by atoms with Crippen molar-refractivity contribution >= 4 is 15.9 Å². The fourth-order valence-electron chi connectivity index (χ4n) is 2.04. The van der Waals surface area contributed by atoms with Crippen LogP contribution in [0.25, 0.3) is 0 Å². The summed E-state index contributed by atoms with van der Waals surface area (Å²) in [6, 6.07) is 6.72. The molecule has 0 aliphatic heterocycles. The van der Waals surface area contributed by atoms with E-state index in [-0.39, 0.29) is 16.7 Å². The van der Waals surface area contributed by atoms with Crippen LogP contribution in [0.1, 0.15) is 46.1 Å². The average Bonchev–Trinajstić information content (AvgIpc) is 2.51. The number of carbonyl (C=O) groups is 1. The van der Waals surface area contributed by atoms with Gasteiger partial charge in [-0.3, -0.25) is 4.79 Å². The minimum Gasteiger partial charge on any atom is -0.356 e. The third-order valence-corrected chi connectivity index (χ3v) is 5.04. The Labute approximate surface area is 146 Å². The van der Waals surface area contributed by atoms with Gasteiger partial charge in [-0.15, -0.1) is 0 Å². The van der Waals surface area contributed by atoms with Gasteiger partial charge in [0, 0.05) is 19.5 Å². The number of carbonyl (C=O) groups excluding carboxylic acids is 1. The van der Waals surface area contributed by atoms with Gasteiger partial charge in [0.2, 0.25) is 15.9 Å². The van der Waals surface area contributed by atoms with E-state index < -0.39 is 10.0 Å². The van der Waals surface area contributed by atoms with E-state index in [0.29, 0.717) is 31.8 Å². The predicted octanol–water partition coefficient (Wildman–Crippen LogP) is 2.72. The van der Waals surface area contributed by atoms with Crippen LogP contribution in [0.3, 0.4) is 0 Å². The average molecular weight is 355 g/mol. The molecule has 5 nitrogen and oxygen atoms in total. The smallest absolute Gasteiger partial charge is 0.240 e. The summed E-state index contributed by atoms with van der Waals surface area (Å²) in [6.45, 7) is 9.28. The molecule has 1 aromatic carbocycles. The van der Waals surface area contributed by atoms with Gasteiger partial charge in [0.15, 0.2) is 0 Å². The van der Waals surface area contributed by atoms with Gasteiger partial charge in [0.25, 0.3) is 0 Å². The number of nitrogens with one attached hydrogen (secondary N) is 2. The van der Waals surface area contributed by atoms with E-state index in [2.05, 4.69) is 23.9 Å². The third kappa shape index (κ3) is 7.93. The molecule has 136 valence electrons. The quantitative estimate of drug-likeness (QED) is 0.678. The van der Waals surface area contributed by atoms with Crippen molar-refractivity contribution in [2.75, 3.05) is 13.1 Å². The first-order valence-electron chi connectivity index (χ1n) is 8.56. The summed E-state index contributed by atoms with van der Waals surface area (Å²) in [5.74, 6) is 0.864. The second kappa shape index (κ2) is 9.79. The van der Waals surface area contributed by atoms with Crippen molar-refractivity contribution in [2.24, 2.45) is 11.8 Å². The maximum absolute atomic E-state index is 12.1. The third-order valence-electron chi connectivity index (χ3n) is 3.60. The summed E-state index contributed by atoms with van der Waals surface area (Å²) in [4.78, 5) is 12.0. The van der Waals surface area contributed by atoms with Crippen molar-refractivity contribution in [2.45, 2.75) is 51.9 Å². The van der Waals surface area contributed by atoms with Gasteiger partial charge in [-0.2, -0.15) is 0 Å². The van der Waals surface area contributed by atoms with E-state index in [0.717, 1.165) is 12.0 Å². The highest BCUT2D eigenvalue weighted by Gasteiger charge is 2.14. The molecule has 1 aromatic rings. The Balaban J connectivity index is 2.48. The van der Waals surface area contributed by atoms with Crippen LogP contribution in [0, 0.1) is 11.8 Å². The van der Waals surface area contributed by atoms with Crippen LogP contribution in [-0.2, 0) is 21.2 Å². The molecule has 6 heteroatoms. The Morgan fingerprint density at radius 2 is 1.67 bits per heavy atom. The molecule has 0 atom stereocenters. The summed E-state index contributed by atoms with van der Waals surface area (Å²) in [5, 5.41) is 2.90. The standard InChI is InChI=1S/C18H30N2O3S/c1-14(2)11-12-19-18(21)10-7-16-5-8-17(9-6-16)24(22,23)20-13-15(3)4/h5-6,8-9,14-15,20H,7,10-13H2,1-4H3,(H,19,21). The maximum atomic E-state index is 12.1. The van der Waals surface area contributed by atoms with Crippen molar-refractivity contribution in [3.05, 3.63) is 29.8 Å². The van der Waals surface area contributed by atoms with Gasteiger partial charge in [0.1, 0.15) is 0 Å². The molecule has 0 saturated heterocycles. The molecule has 0 saturated carbocycles. The number of rotatable bonds is 10. The first-order valence-corrected chi connectivity index (χ1v) is 10.0. The van der Waals surface area contributed by atoms with Crippen molar-refractivity contribution in [1.82, 2.24) is 10.0 Å². The number of sulfonamides is 1. The molecule has 2 N–H and O–H groups in total. The van der Waals surface area contributed by atoms with E-state index in [1.807, 2.05) is 13.8 Å². The van der Waals surface area contributed by atoms with Gasteiger partial charge in [-0.1, -0.05) is 39.8 Å². The Morgan fingerprint density at radius 1 is 1.04 bits per heavy atom. The second-order valence-electron chi connectivity index (χ2n) is 6.92. The number of benzene rings is 1. The highest BCUT2D eigenvalue weighted by atomic mass is 32.2. The molecular formula is C18H30N2O3S. The summed E-state index contributed by atoms with van der Waals surface area (Å²) in [6.07, 6.45) is 1.99. The Bertz CT molecular complexity index is 608. The lowest BCUT2D eigenvalue weighted by atomic mass is 10.1. The highest BCUT2D eigenvalue weighted by Crippen LogP contribution is 2.12. The predicted molar refractivity (Wildman–Crippen MR) is 97.3 cm³/mol. The summed E-state index contributed by atoms with van der Waals surface area (Å²) in [7, 11) is -3.45. The Morgan fingerprint density at radius 3 is 2.21 bits per heavy atom. The second-order valence-corrected chi connectivity index (χ2v) is 8.69. The molecule has 0 aliphatic rings. The fourth-order valence-corrected chi connectivity index (χ4v) is 3.26. The maximum Gasteiger partial charge on any atom is 0.240 e. The zero-order chi connectivity index (χ0) is 18.2. The van der Waals surface area contributed by atoms with E-state index in [1.54, 1.807) is 24.3 Å². The lowest BCUT2D eigenvalue weighted by Gasteiger charge is -2.10. The molecule has 0 spiro atoms. The van der Waals surface area contributed by atoms with Crippen molar-refractivity contribution in [3.63, 3.8) is 0 Å². The van der Waals surface area contributed by atoms with E-state index in [1.165, 1.54) is 0 Å². The molecule has 0 aliphatic carbocycles. The van der Waals surface area contributed by atoms with Gasteiger partial charge in [0.05, 0.1) is 4.90 Å². The van der Waals surface area contributed by atoms with Crippen molar-refractivity contribution in [1.29, 1.82) is 0 Å². The van der Waals surface area contributed by atoms with Gasteiger partial charge in [-0.25, -0.2) is 13.1 Å². The molecule has 0 heterocycles. The molecule has 0 radical (unpaired) electrons. The van der Waals surface area contributed by atoms with E-state index in [4.69, 9.17) is 0 Å². The number of hydrogen-bond donors (Lipinski definition) is 2. The molecule has 0 fully saturated rings. The topological polar surface area (TPSA) is 75.3 Å². The van der Waals surface area contributed by atoms with Crippen LogP contribution in [0.2, 0.25) is 0 Å². The summed E-state index contributed by atoms with van der Waals surface area (Å²) in [5.41, 5.74) is 0.955. The lowest BCUT2D eigenvalue weighted by molar-refractivity contribution is -0.121. The highest BCUT2D eigenvalue weighted by molar-refractivity contribution is 7.89. The number of aryl methyl sites for hydroxylation is 1. The van der Waals surface area contributed by atoms with Crippen LogP contribution < -0.4 is 10.0 Å². The molecule has 0 unspecified atom stereocenters. The molecule has 24 heavy (non-hydrogen) atoms. The minimum absolute atomic E-state index is 0.0333. The number of hydrogen-bond acceptors (Lipinski definition) is 3. The van der Waals surface area contributed by atoms with E-state index >= 15 is 0 Å². The molecule has 1 amide bonds. The van der Waals surface area contributed by atoms with Crippen LogP contribution >= 0.6 is 0 Å². The van der Waals surface area contributed by atoms with E-state index in [9.17, 15) is 13.2 Å². The zero-order valence-electron chi connectivity index (χ0n) is 15.1. The van der Waals surface area contributed by atoms with Crippen LogP contribution in [0.5, 0.6) is 0 Å². The Hall–Kier alpha value is -1.40. The molecular weight excluding hydrogens is 324 g/mol. The first kappa shape index (κ1) is 20.6. The van der Waals surface area contributed by atoms with Crippen molar-refractivity contribution in [3.8, 4) is 0 Å². The SMILES string of the molecule is CC(C)CCNC(=O)CCc1ccc(S(=O)(=O)NCC(C)C)cc1. The number of amides is 1. The summed E-state index contributed by atoms with van der Waals surface area (Å²) >= 11 is 0. The lowest BCUT2D eigenvalue weighted by Crippen LogP contribution is -2.27. The minimum atomic E-state index is -3.45. The van der Waals surface area contributed by atoms with Crippen LogP contribution in [0.15, 0.2) is 29.2 Å². The molecule has 0 bridgehead atoms. The first-order chi connectivity index (χ1) is 11.2. The fraction of sp³-hybridized carbons (Fsp3) is 0.611. The van der Waals surface area contributed by atoms with Crippen molar-refractivity contribution < 1.29 is 13.2 Å². The van der Waals surface area contributed by atoms with Crippen LogP contribution in [0.4, 0.5) is 0 Å². The Kier molecular flexibility index (Phi) is 8.42. The summed E-state index contributed by atoms with van der Waals surface area (Å²) < 4.78 is 26.8. The largest absolute Gasteiger partial charge is 0.356 e. The van der Waals surface area contributed by atoms with Gasteiger partial charge in [-0.05, 0) is 42.4 Å². The monoisotopic (exact) mass is 354 g/mol. The van der Waals surface area contributed by atoms with Crippen LogP contribution in [-0.4, -0.2) is 27.4 Å². The molecule has 1 rings (SSSR count). The van der Waals surface area contributed by atoms with Gasteiger partial charge >= 0.3 is 0 Å². The zero-order valence-corrected chi connectivity index (χ0v) is 15.9.